The van der Waals surface area contributed by atoms with Crippen molar-refractivity contribution >= 4 is 33.0 Å². The van der Waals surface area contributed by atoms with E-state index in [0.29, 0.717) is 21.6 Å². The Morgan fingerprint density at radius 2 is 2.22 bits per heavy atom. The van der Waals surface area contributed by atoms with Crippen molar-refractivity contribution in [3.8, 4) is 0 Å². The van der Waals surface area contributed by atoms with E-state index < -0.39 is 10.0 Å². The second kappa shape index (κ2) is 4.45. The minimum Gasteiger partial charge on any atom is -0.316 e. The predicted molar refractivity (Wildman–Crippen MR) is 72.6 cm³/mol. The molecular weight excluding hydrogens is 292 g/mol. The molecule has 1 N–H and O–H groups in total. The zero-order valence-electron chi connectivity index (χ0n) is 9.86. The first-order valence-corrected chi connectivity index (χ1v) is 8.62. The van der Waals surface area contributed by atoms with Gasteiger partial charge in [-0.2, -0.15) is 4.31 Å². The third-order valence-corrected chi connectivity index (χ3v) is 7.42. The Morgan fingerprint density at radius 3 is 2.83 bits per heavy atom. The maximum absolute atomic E-state index is 12.4. The van der Waals surface area contributed by atoms with E-state index in [-0.39, 0.29) is 5.41 Å². The van der Waals surface area contributed by atoms with Crippen LogP contribution in [0.1, 0.15) is 12.8 Å². The molecule has 4 nitrogen and oxygen atoms in total. The van der Waals surface area contributed by atoms with E-state index in [0.717, 1.165) is 37.3 Å². The van der Waals surface area contributed by atoms with Crippen molar-refractivity contribution in [2.24, 2.45) is 5.41 Å². The summed E-state index contributed by atoms with van der Waals surface area (Å²) >= 11 is 6.95. The molecule has 7 heteroatoms. The van der Waals surface area contributed by atoms with Crippen molar-refractivity contribution in [3.63, 3.8) is 0 Å². The monoisotopic (exact) mass is 306 g/mol. The fourth-order valence-electron chi connectivity index (χ4n) is 2.81. The van der Waals surface area contributed by atoms with E-state index in [2.05, 4.69) is 5.32 Å². The molecule has 0 aliphatic carbocycles. The van der Waals surface area contributed by atoms with Crippen molar-refractivity contribution < 1.29 is 8.42 Å². The lowest BCUT2D eigenvalue weighted by Gasteiger charge is -2.22. The molecule has 0 saturated carbocycles. The van der Waals surface area contributed by atoms with E-state index in [1.54, 1.807) is 16.4 Å². The quantitative estimate of drug-likeness (QED) is 0.906. The molecule has 100 valence electrons. The first kappa shape index (κ1) is 12.9. The van der Waals surface area contributed by atoms with Crippen LogP contribution in [0.4, 0.5) is 0 Å². The molecule has 1 spiro atoms. The Hall–Kier alpha value is -0.140. The molecule has 2 aliphatic heterocycles. The van der Waals surface area contributed by atoms with Crippen molar-refractivity contribution in [1.82, 2.24) is 9.62 Å². The van der Waals surface area contributed by atoms with Crippen LogP contribution in [-0.4, -0.2) is 38.9 Å². The van der Waals surface area contributed by atoms with Crippen LogP contribution in [0.15, 0.2) is 16.3 Å². The summed E-state index contributed by atoms with van der Waals surface area (Å²) in [6.45, 7) is 3.19. The Bertz CT molecular complexity index is 549. The minimum absolute atomic E-state index is 0.161. The van der Waals surface area contributed by atoms with Gasteiger partial charge in [0, 0.05) is 19.6 Å². The Morgan fingerprint density at radius 1 is 1.39 bits per heavy atom. The molecule has 3 heterocycles. The summed E-state index contributed by atoms with van der Waals surface area (Å²) in [5, 5.41) is 3.33. The normalized spacial score (nSPS) is 29.4. The predicted octanol–water partition coefficient (Wildman–Crippen LogP) is 1.78. The molecule has 1 aromatic rings. The number of thiophene rings is 1. The van der Waals surface area contributed by atoms with Crippen molar-refractivity contribution in [2.45, 2.75) is 17.1 Å². The maximum Gasteiger partial charge on any atom is 0.252 e. The molecule has 0 aromatic carbocycles. The van der Waals surface area contributed by atoms with Gasteiger partial charge in [-0.1, -0.05) is 11.6 Å². The Labute approximate surface area is 116 Å². The lowest BCUT2D eigenvalue weighted by molar-refractivity contribution is 0.338. The molecule has 3 rings (SSSR count). The average molecular weight is 307 g/mol. The standard InChI is InChI=1S/C11H15ClN2O2S2/c12-9-1-2-10(17-9)18(15,16)14-6-4-11(8-14)3-5-13-7-11/h1-2,13H,3-8H2. The van der Waals surface area contributed by atoms with Crippen LogP contribution in [0.2, 0.25) is 4.34 Å². The molecule has 2 fully saturated rings. The van der Waals surface area contributed by atoms with Crippen LogP contribution in [0.3, 0.4) is 0 Å². The van der Waals surface area contributed by atoms with Gasteiger partial charge in [-0.15, -0.1) is 11.3 Å². The number of halogens is 1. The second-order valence-corrected chi connectivity index (χ2v) is 8.95. The van der Waals surface area contributed by atoms with Gasteiger partial charge in [0.25, 0.3) is 10.0 Å². The first-order valence-electron chi connectivity index (χ1n) is 5.98. The van der Waals surface area contributed by atoms with Crippen LogP contribution in [0.25, 0.3) is 0 Å². The summed E-state index contributed by atoms with van der Waals surface area (Å²) in [7, 11) is -3.34. The van der Waals surface area contributed by atoms with E-state index in [9.17, 15) is 8.42 Å². The number of sulfonamides is 1. The molecule has 2 aliphatic rings. The number of nitrogens with zero attached hydrogens (tertiary/aromatic N) is 1. The van der Waals surface area contributed by atoms with Crippen LogP contribution in [0.5, 0.6) is 0 Å². The zero-order valence-corrected chi connectivity index (χ0v) is 12.2. The van der Waals surface area contributed by atoms with Gasteiger partial charge in [-0.25, -0.2) is 8.42 Å². The van der Waals surface area contributed by atoms with E-state index in [1.165, 1.54) is 0 Å². The topological polar surface area (TPSA) is 49.4 Å². The van der Waals surface area contributed by atoms with Gasteiger partial charge in [0.15, 0.2) is 0 Å². The molecular formula is C11H15ClN2O2S2. The highest BCUT2D eigenvalue weighted by Gasteiger charge is 2.44. The highest BCUT2D eigenvalue weighted by Crippen LogP contribution is 2.39. The molecule has 0 bridgehead atoms. The molecule has 1 atom stereocenters. The highest BCUT2D eigenvalue weighted by molar-refractivity contribution is 7.91. The number of nitrogens with one attached hydrogen (secondary N) is 1. The molecule has 1 aromatic heterocycles. The molecule has 0 amide bonds. The summed E-state index contributed by atoms with van der Waals surface area (Å²) in [6, 6.07) is 3.24. The smallest absolute Gasteiger partial charge is 0.252 e. The molecule has 18 heavy (non-hydrogen) atoms. The summed E-state index contributed by atoms with van der Waals surface area (Å²) in [5.74, 6) is 0. The summed E-state index contributed by atoms with van der Waals surface area (Å²) in [6.07, 6.45) is 2.03. The van der Waals surface area contributed by atoms with Gasteiger partial charge in [0.2, 0.25) is 0 Å². The highest BCUT2D eigenvalue weighted by atomic mass is 35.5. The summed E-state index contributed by atoms with van der Waals surface area (Å²) in [5.41, 5.74) is 0.161. The Balaban J connectivity index is 1.83. The van der Waals surface area contributed by atoms with E-state index in [4.69, 9.17) is 11.6 Å². The van der Waals surface area contributed by atoms with Crippen LogP contribution >= 0.6 is 22.9 Å². The van der Waals surface area contributed by atoms with Gasteiger partial charge in [-0.3, -0.25) is 0 Å². The SMILES string of the molecule is O=S(=O)(c1ccc(Cl)s1)N1CCC2(CCNC2)C1. The van der Waals surface area contributed by atoms with Crippen LogP contribution in [0, 0.1) is 5.41 Å². The molecule has 2 saturated heterocycles. The zero-order chi connectivity index (χ0) is 12.8. The first-order chi connectivity index (χ1) is 8.52. The lowest BCUT2D eigenvalue weighted by Crippen LogP contribution is -2.32. The summed E-state index contributed by atoms with van der Waals surface area (Å²) in [4.78, 5) is 0. The number of rotatable bonds is 2. The van der Waals surface area contributed by atoms with Gasteiger partial charge in [0.1, 0.15) is 4.21 Å². The Kier molecular flexibility index (Phi) is 3.18. The maximum atomic E-state index is 12.4. The van der Waals surface area contributed by atoms with Crippen LogP contribution < -0.4 is 5.32 Å². The van der Waals surface area contributed by atoms with Gasteiger partial charge in [0.05, 0.1) is 4.34 Å². The van der Waals surface area contributed by atoms with Crippen LogP contribution in [-0.2, 0) is 10.0 Å². The third kappa shape index (κ3) is 2.10. The molecule has 0 radical (unpaired) electrons. The van der Waals surface area contributed by atoms with E-state index in [1.807, 2.05) is 0 Å². The fourth-order valence-corrected chi connectivity index (χ4v) is 6.00. The summed E-state index contributed by atoms with van der Waals surface area (Å²) < 4.78 is 27.4. The average Bonchev–Trinajstić information content (AvgIpc) is 3.02. The number of hydrogen-bond acceptors (Lipinski definition) is 4. The minimum atomic E-state index is -3.34. The van der Waals surface area contributed by atoms with Crippen molar-refractivity contribution in [2.75, 3.05) is 26.2 Å². The second-order valence-electron chi connectivity index (χ2n) is 5.07. The van der Waals surface area contributed by atoms with Gasteiger partial charge >= 0.3 is 0 Å². The van der Waals surface area contributed by atoms with E-state index >= 15 is 0 Å². The van der Waals surface area contributed by atoms with Crippen molar-refractivity contribution in [1.29, 1.82) is 0 Å². The van der Waals surface area contributed by atoms with Gasteiger partial charge < -0.3 is 5.32 Å². The third-order valence-electron chi connectivity index (χ3n) is 3.88. The largest absolute Gasteiger partial charge is 0.316 e. The fraction of sp³-hybridized carbons (Fsp3) is 0.636. The van der Waals surface area contributed by atoms with Crippen molar-refractivity contribution in [3.05, 3.63) is 16.5 Å². The molecule has 1 unspecified atom stereocenters. The van der Waals surface area contributed by atoms with Gasteiger partial charge in [-0.05, 0) is 36.9 Å². The number of hydrogen-bond donors (Lipinski definition) is 1. The lowest BCUT2D eigenvalue weighted by atomic mass is 9.87.